The molecular weight excluding hydrogens is 345 g/mol. The molecule has 0 fully saturated rings. The van der Waals surface area contributed by atoms with Gasteiger partial charge in [-0.15, -0.1) is 0 Å². The van der Waals surface area contributed by atoms with Crippen LogP contribution in [0.25, 0.3) is 0 Å². The first-order chi connectivity index (χ1) is 11.7. The highest BCUT2D eigenvalue weighted by molar-refractivity contribution is 5.80. The minimum Gasteiger partial charge on any atom is -0.481 e. The average molecular weight is 359 g/mol. The predicted octanol–water partition coefficient (Wildman–Crippen LogP) is 4.07. The van der Waals surface area contributed by atoms with E-state index in [1.54, 1.807) is 0 Å². The topological polar surface area (TPSA) is 38.3 Å². The largest absolute Gasteiger partial charge is 0.481 e. The number of nitrogens with one attached hydrogen (secondary N) is 1. The molecular formula is C17H14F5NO2. The third-order valence-corrected chi connectivity index (χ3v) is 3.29. The van der Waals surface area contributed by atoms with Crippen molar-refractivity contribution in [2.24, 2.45) is 0 Å². The lowest BCUT2D eigenvalue weighted by atomic mass is 10.1. The van der Waals surface area contributed by atoms with Crippen LogP contribution in [0.1, 0.15) is 18.1 Å². The molecule has 1 N–H and O–H groups in total. The minimum atomic E-state index is -4.47. The van der Waals surface area contributed by atoms with E-state index in [2.05, 4.69) is 5.32 Å². The number of hydrogen-bond donors (Lipinski definition) is 1. The maximum atomic E-state index is 13.1. The molecule has 0 aliphatic carbocycles. The van der Waals surface area contributed by atoms with Crippen molar-refractivity contribution in [3.8, 4) is 5.75 Å². The molecule has 0 saturated heterocycles. The summed E-state index contributed by atoms with van der Waals surface area (Å²) in [5, 5.41) is 2.42. The molecule has 1 atom stereocenters. The van der Waals surface area contributed by atoms with E-state index < -0.39 is 35.4 Å². The third-order valence-electron chi connectivity index (χ3n) is 3.29. The van der Waals surface area contributed by atoms with Crippen LogP contribution >= 0.6 is 0 Å². The summed E-state index contributed by atoms with van der Waals surface area (Å²) in [6, 6.07) is 7.36. The molecule has 0 aliphatic rings. The van der Waals surface area contributed by atoms with Gasteiger partial charge in [0.2, 0.25) is 0 Å². The summed E-state index contributed by atoms with van der Waals surface area (Å²) in [5.41, 5.74) is -0.548. The maximum Gasteiger partial charge on any atom is 0.416 e. The number of carbonyl (C=O) groups is 1. The first-order valence-electron chi connectivity index (χ1n) is 7.22. The van der Waals surface area contributed by atoms with Crippen LogP contribution in [0.3, 0.4) is 0 Å². The summed E-state index contributed by atoms with van der Waals surface area (Å²) in [4.78, 5) is 11.9. The first-order valence-corrected chi connectivity index (χ1v) is 7.22. The van der Waals surface area contributed by atoms with Gasteiger partial charge in [0.15, 0.2) is 17.7 Å². The van der Waals surface area contributed by atoms with Gasteiger partial charge in [0.25, 0.3) is 5.91 Å². The van der Waals surface area contributed by atoms with Crippen LogP contribution in [0.4, 0.5) is 22.0 Å². The van der Waals surface area contributed by atoms with Crippen LogP contribution in [-0.2, 0) is 17.5 Å². The highest BCUT2D eigenvalue weighted by Gasteiger charge is 2.30. The summed E-state index contributed by atoms with van der Waals surface area (Å²) in [6.45, 7) is 1.25. The van der Waals surface area contributed by atoms with E-state index in [0.717, 1.165) is 30.3 Å². The van der Waals surface area contributed by atoms with E-state index in [1.807, 2.05) is 0 Å². The van der Waals surface area contributed by atoms with Gasteiger partial charge < -0.3 is 10.1 Å². The fourth-order valence-electron chi connectivity index (χ4n) is 2.00. The Bertz CT molecular complexity index is 761. The molecule has 8 heteroatoms. The number of hydrogen-bond acceptors (Lipinski definition) is 2. The van der Waals surface area contributed by atoms with Gasteiger partial charge in [-0.05, 0) is 36.8 Å². The molecule has 0 spiro atoms. The van der Waals surface area contributed by atoms with Crippen LogP contribution in [0.15, 0.2) is 42.5 Å². The van der Waals surface area contributed by atoms with Crippen molar-refractivity contribution in [1.29, 1.82) is 0 Å². The fourth-order valence-corrected chi connectivity index (χ4v) is 2.00. The lowest BCUT2D eigenvalue weighted by molar-refractivity contribution is -0.137. The highest BCUT2D eigenvalue weighted by atomic mass is 19.4. The van der Waals surface area contributed by atoms with Crippen molar-refractivity contribution >= 4 is 5.91 Å². The molecule has 1 unspecified atom stereocenters. The molecule has 0 heterocycles. The van der Waals surface area contributed by atoms with E-state index in [4.69, 9.17) is 4.74 Å². The SMILES string of the molecule is CC(Oc1ccc(F)c(F)c1)C(=O)NCc1cccc(C(F)(F)F)c1. The Morgan fingerprint density at radius 2 is 1.84 bits per heavy atom. The van der Waals surface area contributed by atoms with Crippen molar-refractivity contribution in [2.45, 2.75) is 25.7 Å². The molecule has 25 heavy (non-hydrogen) atoms. The predicted molar refractivity (Wildman–Crippen MR) is 79.7 cm³/mol. The second kappa shape index (κ2) is 7.50. The quantitative estimate of drug-likeness (QED) is 0.818. The van der Waals surface area contributed by atoms with Crippen LogP contribution in [-0.4, -0.2) is 12.0 Å². The molecule has 2 aromatic rings. The minimum absolute atomic E-state index is 0.0411. The molecule has 0 bridgehead atoms. The smallest absolute Gasteiger partial charge is 0.416 e. The lowest BCUT2D eigenvalue weighted by Gasteiger charge is -2.15. The zero-order valence-electron chi connectivity index (χ0n) is 13.0. The van der Waals surface area contributed by atoms with E-state index in [0.29, 0.717) is 0 Å². The molecule has 0 aliphatic heterocycles. The number of rotatable bonds is 5. The molecule has 3 nitrogen and oxygen atoms in total. The Labute approximate surface area is 140 Å². The normalized spacial score (nSPS) is 12.6. The van der Waals surface area contributed by atoms with Crippen LogP contribution in [0.5, 0.6) is 5.75 Å². The van der Waals surface area contributed by atoms with Crippen molar-refractivity contribution < 1.29 is 31.5 Å². The molecule has 0 saturated carbocycles. The van der Waals surface area contributed by atoms with Gasteiger partial charge in [-0.25, -0.2) is 8.78 Å². The molecule has 0 aromatic heterocycles. The third kappa shape index (κ3) is 5.17. The molecule has 0 radical (unpaired) electrons. The number of benzene rings is 2. The van der Waals surface area contributed by atoms with Crippen LogP contribution in [0, 0.1) is 11.6 Å². The zero-order chi connectivity index (χ0) is 18.6. The number of alkyl halides is 3. The highest BCUT2D eigenvalue weighted by Crippen LogP contribution is 2.29. The monoisotopic (exact) mass is 359 g/mol. The second-order valence-corrected chi connectivity index (χ2v) is 5.25. The van der Waals surface area contributed by atoms with Gasteiger partial charge in [-0.1, -0.05) is 12.1 Å². The molecule has 134 valence electrons. The van der Waals surface area contributed by atoms with Gasteiger partial charge in [0.05, 0.1) is 5.56 Å². The maximum absolute atomic E-state index is 13.1. The average Bonchev–Trinajstić information content (AvgIpc) is 2.55. The lowest BCUT2D eigenvalue weighted by Crippen LogP contribution is -2.36. The van der Waals surface area contributed by atoms with Crippen molar-refractivity contribution in [2.75, 3.05) is 0 Å². The summed E-state index contributed by atoms with van der Waals surface area (Å²) >= 11 is 0. The standard InChI is InChI=1S/C17H14F5NO2/c1-10(25-13-5-6-14(18)15(19)8-13)16(24)23-9-11-3-2-4-12(7-11)17(20,21)22/h2-8,10H,9H2,1H3,(H,23,24). The number of halogens is 5. The molecule has 2 rings (SSSR count). The molecule has 1 amide bonds. The number of carbonyl (C=O) groups excluding carboxylic acids is 1. The number of amides is 1. The van der Waals surface area contributed by atoms with Crippen molar-refractivity contribution in [3.05, 3.63) is 65.2 Å². The van der Waals surface area contributed by atoms with Gasteiger partial charge in [-0.2, -0.15) is 13.2 Å². The molecule has 2 aromatic carbocycles. The Morgan fingerprint density at radius 3 is 2.48 bits per heavy atom. The Balaban J connectivity index is 1.94. The van der Waals surface area contributed by atoms with E-state index in [1.165, 1.54) is 19.1 Å². The summed E-state index contributed by atoms with van der Waals surface area (Å²) in [7, 11) is 0. The van der Waals surface area contributed by atoms with Crippen LogP contribution < -0.4 is 10.1 Å². The Kier molecular flexibility index (Phi) is 5.61. The van der Waals surface area contributed by atoms with Gasteiger partial charge >= 0.3 is 6.18 Å². The van der Waals surface area contributed by atoms with E-state index >= 15 is 0 Å². The number of ether oxygens (including phenoxy) is 1. The summed E-state index contributed by atoms with van der Waals surface area (Å²) in [6.07, 6.45) is -5.51. The van der Waals surface area contributed by atoms with Crippen LogP contribution in [0.2, 0.25) is 0 Å². The van der Waals surface area contributed by atoms with Crippen molar-refractivity contribution in [1.82, 2.24) is 5.32 Å². The van der Waals surface area contributed by atoms with Gasteiger partial charge in [0.1, 0.15) is 5.75 Å². The summed E-state index contributed by atoms with van der Waals surface area (Å²) < 4.78 is 69.0. The van der Waals surface area contributed by atoms with Gasteiger partial charge in [-0.3, -0.25) is 4.79 Å². The Morgan fingerprint density at radius 1 is 1.12 bits per heavy atom. The second-order valence-electron chi connectivity index (χ2n) is 5.25. The summed E-state index contributed by atoms with van der Waals surface area (Å²) in [5.74, 6) is -2.81. The van der Waals surface area contributed by atoms with Crippen molar-refractivity contribution in [3.63, 3.8) is 0 Å². The van der Waals surface area contributed by atoms with E-state index in [-0.39, 0.29) is 17.9 Å². The Hall–Kier alpha value is -2.64. The zero-order valence-corrected chi connectivity index (χ0v) is 13.0. The first kappa shape index (κ1) is 18.7. The van der Waals surface area contributed by atoms with E-state index in [9.17, 15) is 26.7 Å². The fraction of sp³-hybridized carbons (Fsp3) is 0.235. The van der Waals surface area contributed by atoms with Gasteiger partial charge in [0, 0.05) is 12.6 Å².